The van der Waals surface area contributed by atoms with Crippen molar-refractivity contribution in [3.8, 4) is 0 Å². The van der Waals surface area contributed by atoms with E-state index in [0.717, 1.165) is 30.2 Å². The number of benzene rings is 1. The van der Waals surface area contributed by atoms with Crippen molar-refractivity contribution in [1.82, 2.24) is 9.88 Å². The second-order valence-electron chi connectivity index (χ2n) is 4.92. The summed E-state index contributed by atoms with van der Waals surface area (Å²) in [6, 6.07) is 9.41. The number of hydrogen-bond donors (Lipinski definition) is 1. The number of pyridine rings is 1. The van der Waals surface area contributed by atoms with Crippen LogP contribution in [0, 0.1) is 0 Å². The van der Waals surface area contributed by atoms with Crippen molar-refractivity contribution in [2.45, 2.75) is 19.3 Å². The molecule has 0 aliphatic heterocycles. The van der Waals surface area contributed by atoms with Crippen LogP contribution in [0.15, 0.2) is 36.5 Å². The normalized spacial score (nSPS) is 10.7. The Kier molecular flexibility index (Phi) is 5.07. The molecule has 1 aromatic heterocycles. The smallest absolute Gasteiger partial charge is 0.253 e. The number of hydrogen-bond acceptors (Lipinski definition) is 3. The van der Waals surface area contributed by atoms with Gasteiger partial charge in [0.15, 0.2) is 0 Å². The molecule has 1 heterocycles. The number of fused-ring (bicyclic) bond motifs is 1. The van der Waals surface area contributed by atoms with Gasteiger partial charge in [-0.05, 0) is 43.5 Å². The number of unbranched alkanes of at least 4 members (excludes halogenated alkanes) is 2. The number of aliphatic hydroxyl groups excluding tert-OH is 1. The Morgan fingerprint density at radius 2 is 2.10 bits per heavy atom. The van der Waals surface area contributed by atoms with Crippen LogP contribution in [0.25, 0.3) is 10.9 Å². The van der Waals surface area contributed by atoms with Gasteiger partial charge in [0.2, 0.25) is 0 Å². The van der Waals surface area contributed by atoms with Gasteiger partial charge < -0.3 is 10.0 Å². The molecule has 4 nitrogen and oxygen atoms in total. The van der Waals surface area contributed by atoms with Crippen LogP contribution in [0.5, 0.6) is 0 Å². The van der Waals surface area contributed by atoms with Crippen LogP contribution in [-0.2, 0) is 0 Å². The molecule has 0 aliphatic rings. The molecule has 1 N–H and O–H groups in total. The lowest BCUT2D eigenvalue weighted by molar-refractivity contribution is 0.0792. The molecule has 0 unspecified atom stereocenters. The van der Waals surface area contributed by atoms with E-state index < -0.39 is 0 Å². The molecule has 1 aromatic carbocycles. The molecule has 0 bridgehead atoms. The SMILES string of the molecule is CN(CCCCCO)C(=O)c1ccc2ncccc2c1. The zero-order valence-corrected chi connectivity index (χ0v) is 11.7. The number of aromatic nitrogens is 1. The fourth-order valence-electron chi connectivity index (χ4n) is 2.17. The maximum Gasteiger partial charge on any atom is 0.253 e. The molecule has 1 amide bonds. The minimum Gasteiger partial charge on any atom is -0.396 e. The Morgan fingerprint density at radius 3 is 2.90 bits per heavy atom. The van der Waals surface area contributed by atoms with Gasteiger partial charge in [-0.2, -0.15) is 0 Å². The number of aliphatic hydroxyl groups is 1. The highest BCUT2D eigenvalue weighted by Crippen LogP contribution is 2.14. The van der Waals surface area contributed by atoms with E-state index in [0.29, 0.717) is 12.1 Å². The highest BCUT2D eigenvalue weighted by atomic mass is 16.2. The van der Waals surface area contributed by atoms with Gasteiger partial charge in [0, 0.05) is 37.3 Å². The summed E-state index contributed by atoms with van der Waals surface area (Å²) in [7, 11) is 1.81. The summed E-state index contributed by atoms with van der Waals surface area (Å²) in [5, 5.41) is 9.71. The Hall–Kier alpha value is -1.94. The van der Waals surface area contributed by atoms with Crippen LogP contribution in [0.2, 0.25) is 0 Å². The average molecular weight is 272 g/mol. The van der Waals surface area contributed by atoms with Crippen molar-refractivity contribution < 1.29 is 9.90 Å². The maximum atomic E-state index is 12.3. The lowest BCUT2D eigenvalue weighted by Gasteiger charge is -2.17. The molecule has 0 radical (unpaired) electrons. The Morgan fingerprint density at radius 1 is 1.25 bits per heavy atom. The zero-order chi connectivity index (χ0) is 14.4. The maximum absolute atomic E-state index is 12.3. The quantitative estimate of drug-likeness (QED) is 0.822. The van der Waals surface area contributed by atoms with Gasteiger partial charge in [0.25, 0.3) is 5.91 Å². The molecule has 0 aliphatic carbocycles. The van der Waals surface area contributed by atoms with Crippen molar-refractivity contribution in [1.29, 1.82) is 0 Å². The standard InChI is InChI=1S/C16H20N2O2/c1-18(10-3-2-4-11-19)16(20)14-7-8-15-13(12-14)6-5-9-17-15/h5-9,12,19H,2-4,10-11H2,1H3. The number of carbonyl (C=O) groups is 1. The molecule has 0 spiro atoms. The van der Waals surface area contributed by atoms with Gasteiger partial charge in [-0.25, -0.2) is 0 Å². The molecule has 2 rings (SSSR count). The summed E-state index contributed by atoms with van der Waals surface area (Å²) in [5.74, 6) is 0.0275. The highest BCUT2D eigenvalue weighted by Gasteiger charge is 2.11. The molecular weight excluding hydrogens is 252 g/mol. The molecule has 20 heavy (non-hydrogen) atoms. The number of nitrogens with zero attached hydrogens (tertiary/aromatic N) is 2. The van der Waals surface area contributed by atoms with Crippen LogP contribution < -0.4 is 0 Å². The Labute approximate surface area is 119 Å². The van der Waals surface area contributed by atoms with Crippen LogP contribution in [0.4, 0.5) is 0 Å². The van der Waals surface area contributed by atoms with E-state index in [1.165, 1.54) is 0 Å². The van der Waals surface area contributed by atoms with E-state index in [9.17, 15) is 4.79 Å². The van der Waals surface area contributed by atoms with Gasteiger partial charge >= 0.3 is 0 Å². The second-order valence-corrected chi connectivity index (χ2v) is 4.92. The number of rotatable bonds is 6. The first-order valence-electron chi connectivity index (χ1n) is 6.93. The van der Waals surface area contributed by atoms with Crippen molar-refractivity contribution in [3.63, 3.8) is 0 Å². The molecular formula is C16H20N2O2. The predicted molar refractivity (Wildman–Crippen MR) is 79.6 cm³/mol. The molecule has 0 atom stereocenters. The van der Waals surface area contributed by atoms with Crippen molar-refractivity contribution in [3.05, 3.63) is 42.1 Å². The summed E-state index contributed by atoms with van der Waals surface area (Å²) in [6.45, 7) is 0.930. The molecule has 106 valence electrons. The minimum absolute atomic E-state index is 0.0275. The first kappa shape index (κ1) is 14.5. The molecule has 2 aromatic rings. The largest absolute Gasteiger partial charge is 0.396 e. The van der Waals surface area contributed by atoms with E-state index in [2.05, 4.69) is 4.98 Å². The third kappa shape index (κ3) is 3.54. The van der Waals surface area contributed by atoms with E-state index in [-0.39, 0.29) is 12.5 Å². The van der Waals surface area contributed by atoms with Crippen LogP contribution in [0.1, 0.15) is 29.6 Å². The fourth-order valence-corrected chi connectivity index (χ4v) is 2.17. The van der Waals surface area contributed by atoms with Gasteiger partial charge in [-0.1, -0.05) is 6.07 Å². The minimum atomic E-state index is 0.0275. The summed E-state index contributed by atoms with van der Waals surface area (Å²) >= 11 is 0. The number of amides is 1. The van der Waals surface area contributed by atoms with Gasteiger partial charge in [0.05, 0.1) is 5.52 Å². The van der Waals surface area contributed by atoms with Crippen molar-refractivity contribution in [2.24, 2.45) is 0 Å². The van der Waals surface area contributed by atoms with E-state index in [4.69, 9.17) is 5.11 Å². The van der Waals surface area contributed by atoms with Gasteiger partial charge in [-0.15, -0.1) is 0 Å². The first-order valence-corrected chi connectivity index (χ1v) is 6.93. The zero-order valence-electron chi connectivity index (χ0n) is 11.7. The third-order valence-electron chi connectivity index (χ3n) is 3.35. The topological polar surface area (TPSA) is 53.4 Å². The van der Waals surface area contributed by atoms with Crippen molar-refractivity contribution in [2.75, 3.05) is 20.2 Å². The summed E-state index contributed by atoms with van der Waals surface area (Å²) in [5.41, 5.74) is 1.59. The third-order valence-corrected chi connectivity index (χ3v) is 3.35. The van der Waals surface area contributed by atoms with Crippen LogP contribution >= 0.6 is 0 Å². The van der Waals surface area contributed by atoms with Gasteiger partial charge in [0.1, 0.15) is 0 Å². The predicted octanol–water partition coefficient (Wildman–Crippen LogP) is 2.47. The highest BCUT2D eigenvalue weighted by molar-refractivity contribution is 5.97. The molecule has 0 saturated heterocycles. The number of carbonyl (C=O) groups excluding carboxylic acids is 1. The molecule has 0 saturated carbocycles. The Balaban J connectivity index is 2.02. The molecule has 0 fully saturated rings. The van der Waals surface area contributed by atoms with E-state index in [1.54, 1.807) is 11.1 Å². The van der Waals surface area contributed by atoms with Crippen LogP contribution in [-0.4, -0.2) is 41.1 Å². The molecule has 4 heteroatoms. The lowest BCUT2D eigenvalue weighted by Crippen LogP contribution is -2.27. The van der Waals surface area contributed by atoms with Gasteiger partial charge in [-0.3, -0.25) is 9.78 Å². The van der Waals surface area contributed by atoms with Crippen LogP contribution in [0.3, 0.4) is 0 Å². The summed E-state index contributed by atoms with van der Waals surface area (Å²) < 4.78 is 0. The Bertz CT molecular complexity index is 583. The average Bonchev–Trinajstić information content (AvgIpc) is 2.50. The van der Waals surface area contributed by atoms with E-state index in [1.807, 2.05) is 37.4 Å². The van der Waals surface area contributed by atoms with Crippen molar-refractivity contribution >= 4 is 16.8 Å². The second kappa shape index (κ2) is 7.01. The fraction of sp³-hybridized carbons (Fsp3) is 0.375. The lowest BCUT2D eigenvalue weighted by atomic mass is 10.1. The summed E-state index contributed by atoms with van der Waals surface area (Å²) in [6.07, 6.45) is 4.40. The van der Waals surface area contributed by atoms with E-state index >= 15 is 0 Å². The monoisotopic (exact) mass is 272 g/mol. The summed E-state index contributed by atoms with van der Waals surface area (Å²) in [4.78, 5) is 18.3. The first-order chi connectivity index (χ1) is 9.72.